The molecule has 0 spiro atoms. The van der Waals surface area contributed by atoms with Crippen molar-refractivity contribution in [3.8, 4) is 0 Å². The van der Waals surface area contributed by atoms with Crippen molar-refractivity contribution in [1.82, 2.24) is 0 Å². The van der Waals surface area contributed by atoms with E-state index < -0.39 is 5.41 Å². The molecule has 0 aliphatic carbocycles. The van der Waals surface area contributed by atoms with E-state index in [1.165, 1.54) is 11.1 Å². The largest absolute Gasteiger partial charge is 0.329 e. The molecule has 0 atom stereocenters. The molecular formula is C15H24N2O. The highest BCUT2D eigenvalue weighted by Gasteiger charge is 2.30. The molecular weight excluding hydrogens is 224 g/mol. The Morgan fingerprint density at radius 2 is 1.78 bits per heavy atom. The number of amides is 1. The van der Waals surface area contributed by atoms with Crippen LogP contribution in [-0.2, 0) is 4.79 Å². The van der Waals surface area contributed by atoms with Crippen LogP contribution in [0.3, 0.4) is 0 Å². The SMILES string of the molecule is Cc1ccc(N(C)C(=O)C(C)(C)CN)c(C)c1C. The average molecular weight is 248 g/mol. The first kappa shape index (κ1) is 14.7. The van der Waals surface area contributed by atoms with E-state index in [1.807, 2.05) is 27.0 Å². The van der Waals surface area contributed by atoms with Gasteiger partial charge in [0.05, 0.1) is 5.41 Å². The maximum Gasteiger partial charge on any atom is 0.233 e. The number of hydrogen-bond acceptors (Lipinski definition) is 2. The summed E-state index contributed by atoms with van der Waals surface area (Å²) >= 11 is 0. The molecule has 2 N–H and O–H groups in total. The summed E-state index contributed by atoms with van der Waals surface area (Å²) in [7, 11) is 1.82. The summed E-state index contributed by atoms with van der Waals surface area (Å²) in [6, 6.07) is 4.05. The fourth-order valence-electron chi connectivity index (χ4n) is 1.96. The van der Waals surface area contributed by atoms with Crippen LogP contribution in [0.1, 0.15) is 30.5 Å². The van der Waals surface area contributed by atoms with Gasteiger partial charge in [-0.25, -0.2) is 0 Å². The normalized spacial score (nSPS) is 11.5. The molecule has 0 aliphatic rings. The van der Waals surface area contributed by atoms with Gasteiger partial charge >= 0.3 is 0 Å². The van der Waals surface area contributed by atoms with Crippen LogP contribution in [0.2, 0.25) is 0 Å². The minimum atomic E-state index is -0.528. The van der Waals surface area contributed by atoms with Crippen molar-refractivity contribution >= 4 is 11.6 Å². The fraction of sp³-hybridized carbons (Fsp3) is 0.533. The van der Waals surface area contributed by atoms with Crippen LogP contribution in [-0.4, -0.2) is 19.5 Å². The van der Waals surface area contributed by atoms with Gasteiger partial charge in [0.2, 0.25) is 5.91 Å². The number of hydrogen-bond donors (Lipinski definition) is 1. The summed E-state index contributed by atoms with van der Waals surface area (Å²) in [5.41, 5.74) is 9.73. The van der Waals surface area contributed by atoms with Gasteiger partial charge in [0.1, 0.15) is 0 Å². The number of aryl methyl sites for hydroxylation is 1. The second kappa shape index (κ2) is 5.11. The van der Waals surface area contributed by atoms with Gasteiger partial charge in [-0.05, 0) is 57.4 Å². The van der Waals surface area contributed by atoms with Crippen LogP contribution in [0.4, 0.5) is 5.69 Å². The van der Waals surface area contributed by atoms with E-state index in [4.69, 9.17) is 5.73 Å². The summed E-state index contributed by atoms with van der Waals surface area (Å²) in [6.45, 7) is 10.3. The van der Waals surface area contributed by atoms with Crippen LogP contribution in [0.25, 0.3) is 0 Å². The molecule has 1 rings (SSSR count). The van der Waals surface area contributed by atoms with Gasteiger partial charge in [-0.3, -0.25) is 4.79 Å². The third-order valence-corrected chi connectivity index (χ3v) is 3.78. The van der Waals surface area contributed by atoms with Crippen molar-refractivity contribution < 1.29 is 4.79 Å². The van der Waals surface area contributed by atoms with Gasteiger partial charge in [0, 0.05) is 19.3 Å². The number of carbonyl (C=O) groups excluding carboxylic acids is 1. The summed E-state index contributed by atoms with van der Waals surface area (Å²) in [4.78, 5) is 14.1. The first-order chi connectivity index (χ1) is 8.22. The number of rotatable bonds is 3. The Morgan fingerprint density at radius 3 is 2.28 bits per heavy atom. The zero-order valence-corrected chi connectivity index (χ0v) is 12.3. The van der Waals surface area contributed by atoms with Gasteiger partial charge in [-0.15, -0.1) is 0 Å². The molecule has 3 heteroatoms. The predicted molar refractivity (Wildman–Crippen MR) is 76.9 cm³/mol. The molecule has 0 aliphatic heterocycles. The first-order valence-electron chi connectivity index (χ1n) is 6.27. The maximum atomic E-state index is 12.4. The lowest BCUT2D eigenvalue weighted by Gasteiger charge is -2.29. The molecule has 0 fully saturated rings. The van der Waals surface area contributed by atoms with Crippen molar-refractivity contribution in [2.45, 2.75) is 34.6 Å². The Bertz CT molecular complexity index is 464. The summed E-state index contributed by atoms with van der Waals surface area (Å²) in [5.74, 6) is 0.0522. The average Bonchev–Trinajstić information content (AvgIpc) is 2.34. The minimum absolute atomic E-state index is 0.0522. The van der Waals surface area contributed by atoms with Crippen LogP contribution in [0, 0.1) is 26.2 Å². The molecule has 0 unspecified atom stereocenters. The minimum Gasteiger partial charge on any atom is -0.329 e. The van der Waals surface area contributed by atoms with Crippen molar-refractivity contribution in [2.24, 2.45) is 11.1 Å². The van der Waals surface area contributed by atoms with Crippen LogP contribution < -0.4 is 10.6 Å². The fourth-order valence-corrected chi connectivity index (χ4v) is 1.96. The number of benzene rings is 1. The molecule has 1 aromatic carbocycles. The quantitative estimate of drug-likeness (QED) is 0.893. The Labute approximate surface area is 110 Å². The molecule has 0 radical (unpaired) electrons. The molecule has 0 aromatic heterocycles. The van der Waals surface area contributed by atoms with E-state index in [0.717, 1.165) is 11.3 Å². The standard InChI is InChI=1S/C15H24N2O/c1-10-7-8-13(12(3)11(10)2)17(6)14(18)15(4,5)9-16/h7-8H,9,16H2,1-6H3. The number of anilines is 1. The molecule has 3 nitrogen and oxygen atoms in total. The van der Waals surface area contributed by atoms with Crippen LogP contribution >= 0.6 is 0 Å². The third-order valence-electron chi connectivity index (χ3n) is 3.78. The summed E-state index contributed by atoms with van der Waals surface area (Å²) < 4.78 is 0. The van der Waals surface area contributed by atoms with Gasteiger partial charge in [0.15, 0.2) is 0 Å². The maximum absolute atomic E-state index is 12.4. The van der Waals surface area contributed by atoms with Crippen LogP contribution in [0.5, 0.6) is 0 Å². The summed E-state index contributed by atoms with van der Waals surface area (Å²) in [5, 5.41) is 0. The smallest absolute Gasteiger partial charge is 0.233 e. The lowest BCUT2D eigenvalue weighted by molar-refractivity contribution is -0.125. The first-order valence-corrected chi connectivity index (χ1v) is 6.27. The highest BCUT2D eigenvalue weighted by molar-refractivity contribution is 5.97. The van der Waals surface area contributed by atoms with E-state index in [0.29, 0.717) is 6.54 Å². The topological polar surface area (TPSA) is 46.3 Å². The van der Waals surface area contributed by atoms with E-state index >= 15 is 0 Å². The van der Waals surface area contributed by atoms with E-state index in [1.54, 1.807) is 4.90 Å². The second-order valence-corrected chi connectivity index (χ2v) is 5.60. The van der Waals surface area contributed by atoms with Gasteiger partial charge < -0.3 is 10.6 Å². The van der Waals surface area contributed by atoms with Crippen molar-refractivity contribution in [3.05, 3.63) is 28.8 Å². The Hall–Kier alpha value is -1.35. The van der Waals surface area contributed by atoms with E-state index in [9.17, 15) is 4.79 Å². The van der Waals surface area contributed by atoms with Crippen LogP contribution in [0.15, 0.2) is 12.1 Å². The Balaban J connectivity index is 3.16. The molecule has 0 saturated heterocycles. The van der Waals surface area contributed by atoms with Gasteiger partial charge in [0.25, 0.3) is 0 Å². The monoisotopic (exact) mass is 248 g/mol. The Morgan fingerprint density at radius 1 is 1.22 bits per heavy atom. The zero-order valence-electron chi connectivity index (χ0n) is 12.3. The molecule has 0 heterocycles. The lowest BCUT2D eigenvalue weighted by Crippen LogP contribution is -2.43. The predicted octanol–water partition coefficient (Wildman–Crippen LogP) is 2.56. The highest BCUT2D eigenvalue weighted by Crippen LogP contribution is 2.27. The molecule has 1 aromatic rings. The molecule has 1 amide bonds. The molecule has 18 heavy (non-hydrogen) atoms. The van der Waals surface area contributed by atoms with Gasteiger partial charge in [-0.2, -0.15) is 0 Å². The number of nitrogens with two attached hydrogens (primary N) is 1. The zero-order chi connectivity index (χ0) is 14.1. The Kier molecular flexibility index (Phi) is 4.17. The van der Waals surface area contributed by atoms with Gasteiger partial charge in [-0.1, -0.05) is 6.07 Å². The molecule has 0 bridgehead atoms. The third kappa shape index (κ3) is 2.56. The van der Waals surface area contributed by atoms with E-state index in [-0.39, 0.29) is 5.91 Å². The molecule has 0 saturated carbocycles. The van der Waals surface area contributed by atoms with E-state index in [2.05, 4.69) is 26.8 Å². The second-order valence-electron chi connectivity index (χ2n) is 5.60. The van der Waals surface area contributed by atoms with Crippen molar-refractivity contribution in [3.63, 3.8) is 0 Å². The van der Waals surface area contributed by atoms with Crippen molar-refractivity contribution in [2.75, 3.05) is 18.5 Å². The number of nitrogens with zero attached hydrogens (tertiary/aromatic N) is 1. The van der Waals surface area contributed by atoms with Crippen molar-refractivity contribution in [1.29, 1.82) is 0 Å². The number of carbonyl (C=O) groups is 1. The highest BCUT2D eigenvalue weighted by atomic mass is 16.2. The molecule has 100 valence electrons. The summed E-state index contributed by atoms with van der Waals surface area (Å²) in [6.07, 6.45) is 0. The lowest BCUT2D eigenvalue weighted by atomic mass is 9.91.